The smallest absolute Gasteiger partial charge is 0.106 e. The molecule has 0 N–H and O–H groups in total. The summed E-state index contributed by atoms with van der Waals surface area (Å²) in [6.45, 7) is 3.59. The molecule has 0 aromatic heterocycles. The van der Waals surface area contributed by atoms with E-state index in [0.29, 0.717) is 0 Å². The Morgan fingerprint density at radius 3 is 1.20 bits per heavy atom. The maximum atomic E-state index is 4.26. The van der Waals surface area contributed by atoms with Crippen LogP contribution in [0.1, 0.15) is 13.8 Å². The molecule has 0 saturated carbocycles. The Labute approximate surface area is 61.5 Å². The van der Waals surface area contributed by atoms with Crippen molar-refractivity contribution in [3.8, 4) is 0 Å². The third kappa shape index (κ3) is 28.3. The van der Waals surface area contributed by atoms with E-state index in [-0.39, 0.29) is 0 Å². The lowest BCUT2D eigenvalue weighted by Gasteiger charge is -1.75. The van der Waals surface area contributed by atoms with E-state index in [2.05, 4.69) is 20.0 Å². The summed E-state index contributed by atoms with van der Waals surface area (Å²) < 4.78 is 0. The van der Waals surface area contributed by atoms with Crippen LogP contribution in [0.2, 0.25) is 0 Å². The Kier molecular flexibility index (Phi) is 18.3. The van der Waals surface area contributed by atoms with Gasteiger partial charge in [0.15, 0.2) is 0 Å². The molecule has 0 fully saturated rings. The SMILES string of the molecule is C/C=N\OC.C/C=N\OC. The molecule has 0 aliphatic heterocycles. The summed E-state index contributed by atoms with van der Waals surface area (Å²) in [6.07, 6.45) is 3.17. The van der Waals surface area contributed by atoms with Gasteiger partial charge in [-0.05, 0) is 13.8 Å². The molecule has 0 aliphatic rings. The fraction of sp³-hybridized carbons (Fsp3) is 0.667. The van der Waals surface area contributed by atoms with Gasteiger partial charge in [0.2, 0.25) is 0 Å². The van der Waals surface area contributed by atoms with Crippen molar-refractivity contribution in [2.24, 2.45) is 10.3 Å². The minimum absolute atomic E-state index is 1.51. The predicted molar refractivity (Wildman–Crippen MR) is 42.4 cm³/mol. The fourth-order valence-electron chi connectivity index (χ4n) is 0.211. The van der Waals surface area contributed by atoms with Crippen LogP contribution in [0.5, 0.6) is 0 Å². The quantitative estimate of drug-likeness (QED) is 0.435. The molecule has 0 saturated heterocycles. The molecular formula is C6H14N2O2. The van der Waals surface area contributed by atoms with Crippen LogP contribution < -0.4 is 0 Å². The summed E-state index contributed by atoms with van der Waals surface area (Å²) in [5.41, 5.74) is 0. The minimum atomic E-state index is 1.51. The average Bonchev–Trinajstić information content (AvgIpc) is 1.93. The van der Waals surface area contributed by atoms with Gasteiger partial charge in [-0.2, -0.15) is 0 Å². The van der Waals surface area contributed by atoms with E-state index in [1.165, 1.54) is 14.2 Å². The van der Waals surface area contributed by atoms with E-state index in [1.54, 1.807) is 26.3 Å². The zero-order valence-corrected chi connectivity index (χ0v) is 6.87. The molecule has 0 aromatic rings. The summed E-state index contributed by atoms with van der Waals surface area (Å²) in [4.78, 5) is 8.52. The molecular weight excluding hydrogens is 132 g/mol. The van der Waals surface area contributed by atoms with E-state index in [9.17, 15) is 0 Å². The second-order valence-electron chi connectivity index (χ2n) is 1.09. The molecule has 4 heteroatoms. The molecule has 0 amide bonds. The largest absolute Gasteiger partial charge is 0.399 e. The first-order valence-electron chi connectivity index (χ1n) is 2.85. The summed E-state index contributed by atoms with van der Waals surface area (Å²) in [7, 11) is 3.03. The lowest BCUT2D eigenvalue weighted by atomic mass is 10.9. The predicted octanol–water partition coefficient (Wildman–Crippen LogP) is 1.28. The molecule has 0 aromatic carbocycles. The second-order valence-corrected chi connectivity index (χ2v) is 1.09. The van der Waals surface area contributed by atoms with Crippen molar-refractivity contribution in [2.45, 2.75) is 13.8 Å². The van der Waals surface area contributed by atoms with Gasteiger partial charge in [0.25, 0.3) is 0 Å². The number of oxime groups is 2. The van der Waals surface area contributed by atoms with Gasteiger partial charge >= 0.3 is 0 Å². The molecule has 0 spiro atoms. The third-order valence-corrected chi connectivity index (χ3v) is 0.422. The molecule has 0 bridgehead atoms. The van der Waals surface area contributed by atoms with Crippen LogP contribution in [-0.2, 0) is 9.68 Å². The van der Waals surface area contributed by atoms with Crippen molar-refractivity contribution in [3.63, 3.8) is 0 Å². The molecule has 4 nitrogen and oxygen atoms in total. The maximum absolute atomic E-state index is 4.26. The summed E-state index contributed by atoms with van der Waals surface area (Å²) >= 11 is 0. The van der Waals surface area contributed by atoms with Gasteiger partial charge < -0.3 is 9.68 Å². The number of rotatable bonds is 2. The summed E-state index contributed by atoms with van der Waals surface area (Å²) in [5, 5.41) is 6.69. The topological polar surface area (TPSA) is 43.2 Å². The van der Waals surface area contributed by atoms with Gasteiger partial charge in [-0.15, -0.1) is 10.3 Å². The van der Waals surface area contributed by atoms with Gasteiger partial charge in [-0.25, -0.2) is 0 Å². The first kappa shape index (κ1) is 11.7. The van der Waals surface area contributed by atoms with Crippen LogP contribution in [0.3, 0.4) is 0 Å². The monoisotopic (exact) mass is 146 g/mol. The first-order valence-corrected chi connectivity index (χ1v) is 2.85. The van der Waals surface area contributed by atoms with Crippen LogP contribution >= 0.6 is 0 Å². The van der Waals surface area contributed by atoms with Crippen LogP contribution in [0.25, 0.3) is 0 Å². The highest BCUT2D eigenvalue weighted by Gasteiger charge is 1.47. The molecule has 0 heterocycles. The molecule has 0 atom stereocenters. The van der Waals surface area contributed by atoms with Crippen LogP contribution in [-0.4, -0.2) is 26.6 Å². The van der Waals surface area contributed by atoms with E-state index < -0.39 is 0 Å². The molecule has 0 aliphatic carbocycles. The molecule has 0 unspecified atom stereocenters. The van der Waals surface area contributed by atoms with Gasteiger partial charge in [0, 0.05) is 12.4 Å². The van der Waals surface area contributed by atoms with Crippen molar-refractivity contribution >= 4 is 12.4 Å². The normalized spacial score (nSPS) is 9.20. The molecule has 10 heavy (non-hydrogen) atoms. The Balaban J connectivity index is 0. The molecule has 60 valence electrons. The highest BCUT2D eigenvalue weighted by atomic mass is 16.6. The van der Waals surface area contributed by atoms with E-state index >= 15 is 0 Å². The highest BCUT2D eigenvalue weighted by Crippen LogP contribution is 1.57. The Morgan fingerprint density at radius 1 is 0.900 bits per heavy atom. The molecule has 0 radical (unpaired) electrons. The van der Waals surface area contributed by atoms with Crippen LogP contribution in [0.15, 0.2) is 10.3 Å². The summed E-state index contributed by atoms with van der Waals surface area (Å²) in [5.74, 6) is 0. The average molecular weight is 146 g/mol. The van der Waals surface area contributed by atoms with Crippen LogP contribution in [0, 0.1) is 0 Å². The molecule has 0 rings (SSSR count). The van der Waals surface area contributed by atoms with Gasteiger partial charge in [0.05, 0.1) is 0 Å². The number of hydrogen-bond acceptors (Lipinski definition) is 4. The van der Waals surface area contributed by atoms with Crippen LogP contribution in [0.4, 0.5) is 0 Å². The highest BCUT2D eigenvalue weighted by molar-refractivity contribution is 5.52. The van der Waals surface area contributed by atoms with Crippen molar-refractivity contribution in [3.05, 3.63) is 0 Å². The standard InChI is InChI=1S/2C3H7NO/c2*1-3-4-5-2/h2*3H,1-2H3/b2*4-3-. The second kappa shape index (κ2) is 15.7. The number of nitrogens with zero attached hydrogens (tertiary/aromatic N) is 2. The van der Waals surface area contributed by atoms with Crippen molar-refractivity contribution in [2.75, 3.05) is 14.2 Å². The first-order chi connectivity index (χ1) is 4.83. The zero-order valence-electron chi connectivity index (χ0n) is 6.87. The maximum Gasteiger partial charge on any atom is 0.106 e. The van der Waals surface area contributed by atoms with Crippen molar-refractivity contribution in [1.82, 2.24) is 0 Å². The Hall–Kier alpha value is -1.06. The van der Waals surface area contributed by atoms with Gasteiger partial charge in [0.1, 0.15) is 14.2 Å². The minimum Gasteiger partial charge on any atom is -0.399 e. The summed E-state index contributed by atoms with van der Waals surface area (Å²) in [6, 6.07) is 0. The Morgan fingerprint density at radius 2 is 1.20 bits per heavy atom. The lowest BCUT2D eigenvalue weighted by molar-refractivity contribution is 0.215. The third-order valence-electron chi connectivity index (χ3n) is 0.422. The number of hydrogen-bond donors (Lipinski definition) is 0. The van der Waals surface area contributed by atoms with Gasteiger partial charge in [-0.1, -0.05) is 0 Å². The van der Waals surface area contributed by atoms with E-state index in [1.807, 2.05) is 0 Å². The van der Waals surface area contributed by atoms with E-state index in [4.69, 9.17) is 0 Å². The van der Waals surface area contributed by atoms with E-state index in [0.717, 1.165) is 0 Å². The van der Waals surface area contributed by atoms with Crippen molar-refractivity contribution in [1.29, 1.82) is 0 Å². The van der Waals surface area contributed by atoms with Crippen molar-refractivity contribution < 1.29 is 9.68 Å². The van der Waals surface area contributed by atoms with Gasteiger partial charge in [-0.3, -0.25) is 0 Å². The Bertz CT molecular complexity index is 79.7. The zero-order chi connectivity index (χ0) is 8.24. The lowest BCUT2D eigenvalue weighted by Crippen LogP contribution is -1.63. The fourth-order valence-corrected chi connectivity index (χ4v) is 0.211.